The molecule has 0 aliphatic heterocycles. The first-order chi connectivity index (χ1) is 13.6. The zero-order valence-corrected chi connectivity index (χ0v) is 15.8. The molecule has 0 bridgehead atoms. The van der Waals surface area contributed by atoms with Gasteiger partial charge in [-0.1, -0.05) is 43.9 Å². The molecule has 0 spiro atoms. The lowest BCUT2D eigenvalue weighted by atomic mass is 9.89. The number of aromatic amines is 1. The van der Waals surface area contributed by atoms with Crippen LogP contribution in [0.25, 0.3) is 22.3 Å². The number of aliphatic imine (C=N–C) groups is 1. The van der Waals surface area contributed by atoms with Crippen LogP contribution in [0.5, 0.6) is 0 Å². The first-order valence-electron chi connectivity index (χ1n) is 9.55. The first kappa shape index (κ1) is 17.9. The lowest BCUT2D eigenvalue weighted by molar-refractivity contribution is 0.423. The molecule has 3 aromatic rings. The van der Waals surface area contributed by atoms with Gasteiger partial charge in [0.2, 0.25) is 0 Å². The van der Waals surface area contributed by atoms with E-state index in [1.54, 1.807) is 4.68 Å². The van der Waals surface area contributed by atoms with E-state index >= 15 is 0 Å². The molecule has 0 atom stereocenters. The SMILES string of the molecule is C#Cc1cccc2cc(-c3nc(C4CCCCC4)n(N)c3C(N)=NC=C)[nH]c12. The number of nitrogen functional groups attached to an aromatic ring is 1. The van der Waals surface area contributed by atoms with E-state index in [2.05, 4.69) is 22.5 Å². The van der Waals surface area contributed by atoms with Gasteiger partial charge in [-0.2, -0.15) is 0 Å². The topological polar surface area (TPSA) is 98.0 Å². The molecule has 6 nitrogen and oxygen atoms in total. The van der Waals surface area contributed by atoms with Crippen molar-refractivity contribution in [2.45, 2.75) is 38.0 Å². The van der Waals surface area contributed by atoms with Crippen molar-refractivity contribution >= 4 is 16.7 Å². The molecule has 1 aliphatic carbocycles. The third kappa shape index (κ3) is 2.95. The molecular formula is C22H24N6. The van der Waals surface area contributed by atoms with Gasteiger partial charge in [0.05, 0.1) is 11.2 Å². The Hall–Kier alpha value is -3.46. The second-order valence-electron chi connectivity index (χ2n) is 7.17. The zero-order valence-electron chi connectivity index (χ0n) is 15.8. The molecule has 1 aliphatic rings. The summed E-state index contributed by atoms with van der Waals surface area (Å²) in [5, 5.41) is 1.02. The summed E-state index contributed by atoms with van der Waals surface area (Å²) < 4.78 is 1.60. The van der Waals surface area contributed by atoms with Crippen LogP contribution in [-0.2, 0) is 0 Å². The molecule has 4 rings (SSSR count). The minimum absolute atomic E-state index is 0.290. The minimum Gasteiger partial charge on any atom is -0.382 e. The Morgan fingerprint density at radius 2 is 2.14 bits per heavy atom. The Bertz CT molecular complexity index is 1100. The first-order valence-corrected chi connectivity index (χ1v) is 9.55. The van der Waals surface area contributed by atoms with Gasteiger partial charge in [0.1, 0.15) is 17.2 Å². The van der Waals surface area contributed by atoms with Crippen molar-refractivity contribution in [2.75, 3.05) is 5.84 Å². The van der Waals surface area contributed by atoms with Crippen LogP contribution in [0.15, 0.2) is 42.0 Å². The van der Waals surface area contributed by atoms with E-state index in [4.69, 9.17) is 23.0 Å². The van der Waals surface area contributed by atoms with E-state index in [1.807, 2.05) is 24.3 Å². The van der Waals surface area contributed by atoms with Gasteiger partial charge < -0.3 is 16.6 Å². The Balaban J connectivity index is 1.91. The number of aromatic nitrogens is 3. The largest absolute Gasteiger partial charge is 0.382 e. The average molecular weight is 372 g/mol. The van der Waals surface area contributed by atoms with Gasteiger partial charge in [-0.15, -0.1) is 6.42 Å². The van der Waals surface area contributed by atoms with E-state index in [0.717, 1.165) is 40.8 Å². The van der Waals surface area contributed by atoms with Gasteiger partial charge in [-0.3, -0.25) is 0 Å². The number of nitrogens with two attached hydrogens (primary N) is 2. The fourth-order valence-electron chi connectivity index (χ4n) is 4.09. The Morgan fingerprint density at radius 1 is 1.36 bits per heavy atom. The zero-order chi connectivity index (χ0) is 19.7. The summed E-state index contributed by atoms with van der Waals surface area (Å²) >= 11 is 0. The summed E-state index contributed by atoms with van der Waals surface area (Å²) in [7, 11) is 0. The number of H-pyrrole nitrogens is 1. The summed E-state index contributed by atoms with van der Waals surface area (Å²) in [5.41, 5.74) is 10.0. The highest BCUT2D eigenvalue weighted by Crippen LogP contribution is 2.35. The lowest BCUT2D eigenvalue weighted by Crippen LogP contribution is -2.26. The number of fused-ring (bicyclic) bond motifs is 1. The van der Waals surface area contributed by atoms with Crippen molar-refractivity contribution in [1.82, 2.24) is 14.6 Å². The predicted octanol–water partition coefficient (Wildman–Crippen LogP) is 3.62. The smallest absolute Gasteiger partial charge is 0.151 e. The van der Waals surface area contributed by atoms with Crippen molar-refractivity contribution in [1.29, 1.82) is 0 Å². The summed E-state index contributed by atoms with van der Waals surface area (Å²) in [6, 6.07) is 7.89. The molecule has 2 heterocycles. The molecule has 1 saturated carbocycles. The van der Waals surface area contributed by atoms with E-state index < -0.39 is 0 Å². The van der Waals surface area contributed by atoms with Crippen LogP contribution in [0.3, 0.4) is 0 Å². The van der Waals surface area contributed by atoms with E-state index in [9.17, 15) is 0 Å². The minimum atomic E-state index is 0.290. The highest BCUT2D eigenvalue weighted by atomic mass is 15.3. The van der Waals surface area contributed by atoms with E-state index in [0.29, 0.717) is 17.3 Å². The molecule has 28 heavy (non-hydrogen) atoms. The summed E-state index contributed by atoms with van der Waals surface area (Å²) in [5.74, 6) is 10.7. The molecule has 5 N–H and O–H groups in total. The number of hydrogen-bond acceptors (Lipinski definition) is 3. The highest BCUT2D eigenvalue weighted by Gasteiger charge is 2.27. The van der Waals surface area contributed by atoms with Crippen LogP contribution >= 0.6 is 0 Å². The number of nitrogens with one attached hydrogen (secondary N) is 1. The maximum absolute atomic E-state index is 6.47. The van der Waals surface area contributed by atoms with E-state index in [-0.39, 0.29) is 5.84 Å². The molecule has 6 heteroatoms. The number of benzene rings is 1. The van der Waals surface area contributed by atoms with Crippen molar-refractivity contribution in [2.24, 2.45) is 10.7 Å². The number of rotatable bonds is 4. The standard InChI is InChI=1S/C22H24N6/c1-3-14-11-8-12-16-13-17(26-18(14)16)19-20(21(23)25-4-2)28(24)22(27-19)15-9-6-5-7-10-15/h1,4,8,11-13,15,26H,2,5-7,9-10,24H2,(H2,23,25). The van der Waals surface area contributed by atoms with Crippen LogP contribution in [0.1, 0.15) is 55.1 Å². The van der Waals surface area contributed by atoms with Crippen molar-refractivity contribution in [3.05, 3.63) is 54.1 Å². The predicted molar refractivity (Wildman–Crippen MR) is 114 cm³/mol. The molecular weight excluding hydrogens is 348 g/mol. The number of amidine groups is 1. The van der Waals surface area contributed by atoms with Gasteiger partial charge in [0, 0.05) is 23.1 Å². The van der Waals surface area contributed by atoms with Crippen LogP contribution in [-0.4, -0.2) is 20.5 Å². The van der Waals surface area contributed by atoms with Gasteiger partial charge in [0.25, 0.3) is 0 Å². The van der Waals surface area contributed by atoms with Crippen molar-refractivity contribution in [3.8, 4) is 23.7 Å². The number of imidazole rings is 1. The van der Waals surface area contributed by atoms with Gasteiger partial charge in [0.15, 0.2) is 5.84 Å². The molecule has 1 aromatic carbocycles. The van der Waals surface area contributed by atoms with Crippen LogP contribution < -0.4 is 11.6 Å². The monoisotopic (exact) mass is 372 g/mol. The summed E-state index contributed by atoms with van der Waals surface area (Å²) in [4.78, 5) is 12.5. The normalized spacial score (nSPS) is 15.6. The van der Waals surface area contributed by atoms with Crippen LogP contribution in [0.2, 0.25) is 0 Å². The van der Waals surface area contributed by atoms with Crippen LogP contribution in [0.4, 0.5) is 0 Å². The third-order valence-corrected chi connectivity index (χ3v) is 5.45. The Labute approximate surface area is 164 Å². The highest BCUT2D eigenvalue weighted by molar-refractivity contribution is 6.02. The van der Waals surface area contributed by atoms with Crippen LogP contribution in [0, 0.1) is 12.3 Å². The maximum atomic E-state index is 6.47. The fourth-order valence-corrected chi connectivity index (χ4v) is 4.09. The maximum Gasteiger partial charge on any atom is 0.151 e. The second-order valence-corrected chi connectivity index (χ2v) is 7.17. The molecule has 0 saturated heterocycles. The van der Waals surface area contributed by atoms with E-state index in [1.165, 1.54) is 25.5 Å². The van der Waals surface area contributed by atoms with Gasteiger partial charge in [-0.25, -0.2) is 14.7 Å². The lowest BCUT2D eigenvalue weighted by Gasteiger charge is -2.21. The molecule has 0 unspecified atom stereocenters. The van der Waals surface area contributed by atoms with Crippen molar-refractivity contribution < 1.29 is 0 Å². The number of hydrogen-bond donors (Lipinski definition) is 3. The van der Waals surface area contributed by atoms with Gasteiger partial charge >= 0.3 is 0 Å². The molecule has 1 fully saturated rings. The van der Waals surface area contributed by atoms with Crippen molar-refractivity contribution in [3.63, 3.8) is 0 Å². The Morgan fingerprint density at radius 3 is 2.86 bits per heavy atom. The second kappa shape index (κ2) is 7.28. The quantitative estimate of drug-likeness (QED) is 0.282. The third-order valence-electron chi connectivity index (χ3n) is 5.45. The number of para-hydroxylation sites is 1. The average Bonchev–Trinajstić information content (AvgIpc) is 3.29. The Kier molecular flexibility index (Phi) is 4.66. The number of terminal acetylenes is 1. The molecule has 0 amide bonds. The summed E-state index contributed by atoms with van der Waals surface area (Å²) in [6.45, 7) is 3.64. The summed E-state index contributed by atoms with van der Waals surface area (Å²) in [6.07, 6.45) is 12.9. The number of nitrogens with zero attached hydrogens (tertiary/aromatic N) is 3. The fraction of sp³-hybridized carbons (Fsp3) is 0.273. The molecule has 142 valence electrons. The molecule has 0 radical (unpaired) electrons. The molecule has 2 aromatic heterocycles. The van der Waals surface area contributed by atoms with Gasteiger partial charge in [-0.05, 0) is 25.0 Å².